The third-order valence-corrected chi connectivity index (χ3v) is 3.99. The molecule has 0 aromatic heterocycles. The van der Waals surface area contributed by atoms with Crippen LogP contribution in [0.1, 0.15) is 20.8 Å². The molecule has 0 aliphatic heterocycles. The largest absolute Gasteiger partial charge is 0.394 e. The zero-order valence-corrected chi connectivity index (χ0v) is 10.1. The molecule has 3 nitrogen and oxygen atoms in total. The fraction of sp³-hybridized carbons (Fsp3) is 0.556. The van der Waals surface area contributed by atoms with E-state index in [4.69, 9.17) is 8.95 Å². The highest BCUT2D eigenvalue weighted by Crippen LogP contribution is 2.06. The standard InChI is InChI=1S/C9H19NO2Si/c1-7-13(6,11-5)12-10-9(4)8(2)3/h7,10H,1H2,2-6H3. The third kappa shape index (κ3) is 4.26. The van der Waals surface area contributed by atoms with E-state index in [0.29, 0.717) is 0 Å². The Hall–Kier alpha value is -0.583. The highest BCUT2D eigenvalue weighted by Gasteiger charge is 2.26. The van der Waals surface area contributed by atoms with Crippen molar-refractivity contribution in [1.82, 2.24) is 5.48 Å². The second-order valence-corrected chi connectivity index (χ2v) is 6.31. The average Bonchev–Trinajstić information content (AvgIpc) is 2.13. The van der Waals surface area contributed by atoms with Gasteiger partial charge in [-0.25, -0.2) is 0 Å². The van der Waals surface area contributed by atoms with Crippen LogP contribution in [-0.2, 0) is 8.95 Å². The number of hydroxylamine groups is 1. The minimum absolute atomic E-state index is 1.01. The Balaban J connectivity index is 4.15. The van der Waals surface area contributed by atoms with Gasteiger partial charge in [-0.05, 0) is 33.0 Å². The Kier molecular flexibility index (Phi) is 4.98. The lowest BCUT2D eigenvalue weighted by Crippen LogP contribution is -2.40. The van der Waals surface area contributed by atoms with Gasteiger partial charge in [-0.1, -0.05) is 5.57 Å². The molecule has 0 aliphatic carbocycles. The maximum absolute atomic E-state index is 5.44. The van der Waals surface area contributed by atoms with Crippen LogP contribution in [0.25, 0.3) is 0 Å². The molecule has 1 atom stereocenters. The molecule has 0 saturated heterocycles. The first-order chi connectivity index (χ1) is 5.95. The van der Waals surface area contributed by atoms with Gasteiger partial charge in [-0.2, -0.15) is 0 Å². The number of hydrogen-bond donors (Lipinski definition) is 1. The molecule has 0 spiro atoms. The summed E-state index contributed by atoms with van der Waals surface area (Å²) in [6.07, 6.45) is 0. The summed E-state index contributed by atoms with van der Waals surface area (Å²) < 4.78 is 10.7. The topological polar surface area (TPSA) is 30.5 Å². The normalized spacial score (nSPS) is 14.5. The van der Waals surface area contributed by atoms with Crippen LogP contribution >= 0.6 is 0 Å². The summed E-state index contributed by atoms with van der Waals surface area (Å²) in [5.74, 6) is 0. The molecule has 0 aromatic carbocycles. The molecule has 4 heteroatoms. The van der Waals surface area contributed by atoms with Gasteiger partial charge in [0, 0.05) is 12.8 Å². The van der Waals surface area contributed by atoms with E-state index in [2.05, 4.69) is 12.1 Å². The van der Waals surface area contributed by atoms with Crippen LogP contribution in [0.3, 0.4) is 0 Å². The molecule has 1 unspecified atom stereocenters. The molecular formula is C9H19NO2Si. The Morgan fingerprint density at radius 2 is 1.92 bits per heavy atom. The molecule has 0 saturated carbocycles. The Morgan fingerprint density at radius 3 is 2.23 bits per heavy atom. The smallest absolute Gasteiger partial charge is 0.387 e. The molecule has 0 radical (unpaired) electrons. The highest BCUT2D eigenvalue weighted by molar-refractivity contribution is 6.71. The summed E-state index contributed by atoms with van der Waals surface area (Å²) in [7, 11) is -0.555. The SMILES string of the molecule is C=C[Si](C)(OC)ONC(C)=C(C)C. The Labute approximate surface area is 81.6 Å². The van der Waals surface area contributed by atoms with Gasteiger partial charge in [-0.15, -0.1) is 6.58 Å². The van der Waals surface area contributed by atoms with Crippen molar-refractivity contribution in [3.05, 3.63) is 23.5 Å². The van der Waals surface area contributed by atoms with Crippen LogP contribution in [0.2, 0.25) is 6.55 Å². The van der Waals surface area contributed by atoms with Gasteiger partial charge in [0.1, 0.15) is 0 Å². The second-order valence-electron chi connectivity index (χ2n) is 3.25. The zero-order valence-electron chi connectivity index (χ0n) is 9.10. The zero-order chi connectivity index (χ0) is 10.5. The highest BCUT2D eigenvalue weighted by atomic mass is 28.4. The van der Waals surface area contributed by atoms with Crippen molar-refractivity contribution >= 4 is 8.56 Å². The van der Waals surface area contributed by atoms with Crippen LogP contribution in [-0.4, -0.2) is 15.7 Å². The molecular weight excluding hydrogens is 182 g/mol. The molecule has 76 valence electrons. The summed E-state index contributed by atoms with van der Waals surface area (Å²) in [6, 6.07) is 0. The number of rotatable bonds is 5. The van der Waals surface area contributed by atoms with Crippen LogP contribution < -0.4 is 5.48 Å². The fourth-order valence-corrected chi connectivity index (χ4v) is 1.14. The van der Waals surface area contributed by atoms with Crippen LogP contribution in [0, 0.1) is 0 Å². The minimum atomic E-state index is -2.19. The van der Waals surface area contributed by atoms with E-state index in [-0.39, 0.29) is 0 Å². The molecule has 1 N–H and O–H groups in total. The Morgan fingerprint density at radius 1 is 1.38 bits per heavy atom. The quantitative estimate of drug-likeness (QED) is 0.547. The van der Waals surface area contributed by atoms with E-state index in [9.17, 15) is 0 Å². The molecule has 0 fully saturated rings. The molecule has 0 aromatic rings. The number of nitrogens with one attached hydrogen (secondary N) is 1. The predicted molar refractivity (Wildman–Crippen MR) is 57.1 cm³/mol. The van der Waals surface area contributed by atoms with Crippen LogP contribution in [0.4, 0.5) is 0 Å². The summed E-state index contributed by atoms with van der Waals surface area (Å²) in [5.41, 5.74) is 6.81. The van der Waals surface area contributed by atoms with Crippen LogP contribution in [0.5, 0.6) is 0 Å². The first-order valence-corrected chi connectivity index (χ1v) is 6.61. The molecule has 0 heterocycles. The van der Waals surface area contributed by atoms with E-state index in [1.807, 2.05) is 27.3 Å². The summed E-state index contributed by atoms with van der Waals surface area (Å²) in [6.45, 7) is 11.6. The summed E-state index contributed by atoms with van der Waals surface area (Å²) in [4.78, 5) is 0. The van der Waals surface area contributed by atoms with Crippen molar-refractivity contribution in [2.45, 2.75) is 27.3 Å². The van der Waals surface area contributed by atoms with Crippen molar-refractivity contribution < 1.29 is 8.95 Å². The third-order valence-electron chi connectivity index (χ3n) is 1.93. The van der Waals surface area contributed by atoms with Gasteiger partial charge in [-0.3, -0.25) is 10.0 Å². The van der Waals surface area contributed by atoms with Crippen LogP contribution in [0.15, 0.2) is 23.5 Å². The van der Waals surface area contributed by atoms with E-state index >= 15 is 0 Å². The molecule has 0 aliphatic rings. The molecule has 13 heavy (non-hydrogen) atoms. The van der Waals surface area contributed by atoms with Gasteiger partial charge in [0.05, 0.1) is 0 Å². The molecule has 0 amide bonds. The lowest BCUT2D eigenvalue weighted by Gasteiger charge is -2.21. The first kappa shape index (κ1) is 12.4. The summed E-state index contributed by atoms with van der Waals surface area (Å²) >= 11 is 0. The average molecular weight is 201 g/mol. The van der Waals surface area contributed by atoms with E-state index < -0.39 is 8.56 Å². The Bertz CT molecular complexity index is 212. The van der Waals surface area contributed by atoms with Gasteiger partial charge >= 0.3 is 8.56 Å². The van der Waals surface area contributed by atoms with Crippen molar-refractivity contribution in [2.24, 2.45) is 0 Å². The molecule has 0 bridgehead atoms. The minimum Gasteiger partial charge on any atom is -0.394 e. The maximum Gasteiger partial charge on any atom is 0.387 e. The van der Waals surface area contributed by atoms with Gasteiger partial charge in [0.25, 0.3) is 0 Å². The lowest BCUT2D eigenvalue weighted by atomic mass is 10.3. The predicted octanol–water partition coefficient (Wildman–Crippen LogP) is 2.27. The van der Waals surface area contributed by atoms with Crippen molar-refractivity contribution in [1.29, 1.82) is 0 Å². The van der Waals surface area contributed by atoms with Gasteiger partial charge < -0.3 is 4.43 Å². The van der Waals surface area contributed by atoms with Crippen molar-refractivity contribution in [3.63, 3.8) is 0 Å². The first-order valence-electron chi connectivity index (χ1n) is 4.22. The summed E-state index contributed by atoms with van der Waals surface area (Å²) in [5, 5.41) is 0. The van der Waals surface area contributed by atoms with E-state index in [0.717, 1.165) is 5.70 Å². The lowest BCUT2D eigenvalue weighted by molar-refractivity contribution is 0.155. The van der Waals surface area contributed by atoms with E-state index in [1.54, 1.807) is 12.8 Å². The van der Waals surface area contributed by atoms with Crippen molar-refractivity contribution in [3.8, 4) is 0 Å². The van der Waals surface area contributed by atoms with Gasteiger partial charge in [0.15, 0.2) is 0 Å². The van der Waals surface area contributed by atoms with Gasteiger partial charge in [0.2, 0.25) is 0 Å². The second kappa shape index (κ2) is 5.21. The maximum atomic E-state index is 5.44. The van der Waals surface area contributed by atoms with Crippen molar-refractivity contribution in [2.75, 3.05) is 7.11 Å². The monoisotopic (exact) mass is 201 g/mol. The number of allylic oxidation sites excluding steroid dienone is 2. The van der Waals surface area contributed by atoms with E-state index in [1.165, 1.54) is 5.57 Å². The number of hydrogen-bond acceptors (Lipinski definition) is 3. The molecule has 0 rings (SSSR count). The fourth-order valence-electron chi connectivity index (χ4n) is 0.447.